The standard InChI is InChI=1S/C8H13N3O3/c1-9-8(10(2)3)14-11-6(12)4-5-7(11)13/h4-5H2,1-3H3. The molecular weight excluding hydrogens is 186 g/mol. The van der Waals surface area contributed by atoms with Crippen molar-refractivity contribution in [2.45, 2.75) is 12.8 Å². The molecule has 0 aromatic carbocycles. The second kappa shape index (κ2) is 4.08. The monoisotopic (exact) mass is 199 g/mol. The van der Waals surface area contributed by atoms with Crippen molar-refractivity contribution in [1.29, 1.82) is 0 Å². The van der Waals surface area contributed by atoms with E-state index in [4.69, 9.17) is 4.84 Å². The number of carbonyl (C=O) groups excluding carboxylic acids is 2. The molecule has 0 radical (unpaired) electrons. The number of amidine groups is 1. The maximum Gasteiger partial charge on any atom is 0.314 e. The van der Waals surface area contributed by atoms with Gasteiger partial charge < -0.3 is 9.74 Å². The summed E-state index contributed by atoms with van der Waals surface area (Å²) in [5.41, 5.74) is 0. The minimum absolute atomic E-state index is 0.212. The lowest BCUT2D eigenvalue weighted by Crippen LogP contribution is -2.37. The van der Waals surface area contributed by atoms with Crippen molar-refractivity contribution in [2.24, 2.45) is 4.99 Å². The Morgan fingerprint density at radius 2 is 1.86 bits per heavy atom. The van der Waals surface area contributed by atoms with Crippen molar-refractivity contribution in [3.05, 3.63) is 0 Å². The molecule has 0 bridgehead atoms. The summed E-state index contributed by atoms with van der Waals surface area (Å²) in [6.07, 6.45) is 0.423. The Morgan fingerprint density at radius 1 is 1.36 bits per heavy atom. The molecule has 0 aromatic heterocycles. The van der Waals surface area contributed by atoms with Crippen LogP contribution in [0.2, 0.25) is 0 Å². The SMILES string of the molecule is CN=C(ON1C(=O)CCC1=O)N(C)C. The molecule has 1 fully saturated rings. The van der Waals surface area contributed by atoms with Gasteiger partial charge in [-0.3, -0.25) is 9.59 Å². The number of hydrogen-bond acceptors (Lipinski definition) is 4. The van der Waals surface area contributed by atoms with Crippen LogP contribution in [0, 0.1) is 0 Å². The minimum atomic E-state index is -0.321. The summed E-state index contributed by atoms with van der Waals surface area (Å²) in [6, 6.07) is 0.230. The Hall–Kier alpha value is -1.59. The van der Waals surface area contributed by atoms with Gasteiger partial charge in [-0.1, -0.05) is 0 Å². The van der Waals surface area contributed by atoms with Crippen LogP contribution in [0.15, 0.2) is 4.99 Å². The number of rotatable bonds is 1. The molecule has 1 rings (SSSR count). The lowest BCUT2D eigenvalue weighted by Gasteiger charge is -2.19. The van der Waals surface area contributed by atoms with Gasteiger partial charge in [-0.25, -0.2) is 4.99 Å². The summed E-state index contributed by atoms with van der Waals surface area (Å²) >= 11 is 0. The summed E-state index contributed by atoms with van der Waals surface area (Å²) in [4.78, 5) is 32.8. The van der Waals surface area contributed by atoms with Crippen molar-refractivity contribution >= 4 is 17.8 Å². The van der Waals surface area contributed by atoms with Crippen molar-refractivity contribution < 1.29 is 14.4 Å². The largest absolute Gasteiger partial charge is 0.331 e. The molecular formula is C8H13N3O3. The Morgan fingerprint density at radius 3 is 2.21 bits per heavy atom. The highest BCUT2D eigenvalue weighted by atomic mass is 16.7. The van der Waals surface area contributed by atoms with Gasteiger partial charge in [0.2, 0.25) is 0 Å². The smallest absolute Gasteiger partial charge is 0.314 e. The summed E-state index contributed by atoms with van der Waals surface area (Å²) in [5.74, 6) is -0.643. The maximum atomic E-state index is 11.2. The van der Waals surface area contributed by atoms with Crippen LogP contribution in [0.5, 0.6) is 0 Å². The number of imide groups is 1. The fraction of sp³-hybridized carbons (Fsp3) is 0.625. The zero-order chi connectivity index (χ0) is 10.7. The van der Waals surface area contributed by atoms with Crippen LogP contribution in [-0.2, 0) is 14.4 Å². The average Bonchev–Trinajstić information content (AvgIpc) is 2.43. The third kappa shape index (κ3) is 2.01. The summed E-state index contributed by atoms with van der Waals surface area (Å²) < 4.78 is 0. The Kier molecular flexibility index (Phi) is 3.06. The Bertz CT molecular complexity index is 270. The van der Waals surface area contributed by atoms with Crippen LogP contribution in [0.1, 0.15) is 12.8 Å². The zero-order valence-electron chi connectivity index (χ0n) is 8.48. The van der Waals surface area contributed by atoms with E-state index in [0.29, 0.717) is 0 Å². The van der Waals surface area contributed by atoms with E-state index < -0.39 is 0 Å². The van der Waals surface area contributed by atoms with Gasteiger partial charge in [-0.2, -0.15) is 0 Å². The van der Waals surface area contributed by atoms with E-state index >= 15 is 0 Å². The number of amides is 2. The number of hydrogen-bond donors (Lipinski definition) is 0. The van der Waals surface area contributed by atoms with Gasteiger partial charge in [0.15, 0.2) is 0 Å². The molecule has 1 aliphatic rings. The fourth-order valence-corrected chi connectivity index (χ4v) is 1.06. The van der Waals surface area contributed by atoms with Crippen LogP contribution in [0.3, 0.4) is 0 Å². The molecule has 0 unspecified atom stereocenters. The van der Waals surface area contributed by atoms with Gasteiger partial charge in [-0.15, -0.1) is 5.06 Å². The first-order valence-corrected chi connectivity index (χ1v) is 4.24. The summed E-state index contributed by atoms with van der Waals surface area (Å²) in [5, 5.41) is 0.766. The number of nitrogens with zero attached hydrogens (tertiary/aromatic N) is 3. The first-order chi connectivity index (χ1) is 6.56. The molecule has 0 spiro atoms. The van der Waals surface area contributed by atoms with Crippen molar-refractivity contribution in [3.8, 4) is 0 Å². The fourth-order valence-electron chi connectivity index (χ4n) is 1.06. The molecule has 14 heavy (non-hydrogen) atoms. The van der Waals surface area contributed by atoms with Gasteiger partial charge in [0.1, 0.15) is 0 Å². The molecule has 1 aliphatic heterocycles. The highest BCUT2D eigenvalue weighted by molar-refractivity contribution is 6.01. The van der Waals surface area contributed by atoms with Crippen molar-refractivity contribution in [1.82, 2.24) is 9.96 Å². The quantitative estimate of drug-likeness (QED) is 0.328. The maximum absolute atomic E-state index is 11.2. The minimum Gasteiger partial charge on any atom is -0.331 e. The topological polar surface area (TPSA) is 62.2 Å². The van der Waals surface area contributed by atoms with E-state index in [1.54, 1.807) is 19.0 Å². The number of aliphatic imine (C=N–C) groups is 1. The first-order valence-electron chi connectivity index (χ1n) is 4.24. The molecule has 0 aromatic rings. The van der Waals surface area contributed by atoms with Crippen molar-refractivity contribution in [3.63, 3.8) is 0 Å². The molecule has 0 aliphatic carbocycles. The molecule has 0 atom stereocenters. The van der Waals surface area contributed by atoms with E-state index in [1.807, 2.05) is 0 Å². The highest BCUT2D eigenvalue weighted by Gasteiger charge is 2.32. The highest BCUT2D eigenvalue weighted by Crippen LogP contribution is 2.12. The molecule has 2 amide bonds. The van der Waals surface area contributed by atoms with E-state index in [2.05, 4.69) is 4.99 Å². The second-order valence-corrected chi connectivity index (χ2v) is 3.07. The van der Waals surface area contributed by atoms with Gasteiger partial charge in [-0.05, 0) is 0 Å². The van der Waals surface area contributed by atoms with Gasteiger partial charge in [0.05, 0.1) is 0 Å². The molecule has 6 nitrogen and oxygen atoms in total. The zero-order valence-corrected chi connectivity index (χ0v) is 8.48. The van der Waals surface area contributed by atoms with Crippen LogP contribution in [0.4, 0.5) is 0 Å². The Labute approximate surface area is 82.1 Å². The average molecular weight is 199 g/mol. The van der Waals surface area contributed by atoms with E-state index in [1.165, 1.54) is 7.05 Å². The molecule has 0 N–H and O–H groups in total. The molecule has 78 valence electrons. The van der Waals surface area contributed by atoms with Crippen LogP contribution in [0.25, 0.3) is 0 Å². The van der Waals surface area contributed by atoms with Crippen molar-refractivity contribution in [2.75, 3.05) is 21.1 Å². The first kappa shape index (κ1) is 10.5. The van der Waals surface area contributed by atoms with E-state index in [-0.39, 0.29) is 30.7 Å². The normalized spacial score (nSPS) is 17.6. The summed E-state index contributed by atoms with van der Waals surface area (Å²) in [6.45, 7) is 0. The van der Waals surface area contributed by atoms with Gasteiger partial charge in [0.25, 0.3) is 11.8 Å². The predicted octanol–water partition coefficient (Wildman–Crippen LogP) is -0.386. The molecule has 6 heteroatoms. The third-order valence-corrected chi connectivity index (χ3v) is 1.75. The molecule has 0 saturated carbocycles. The van der Waals surface area contributed by atoms with E-state index in [0.717, 1.165) is 5.06 Å². The Balaban J connectivity index is 2.67. The third-order valence-electron chi connectivity index (χ3n) is 1.75. The lowest BCUT2D eigenvalue weighted by molar-refractivity contribution is -0.168. The van der Waals surface area contributed by atoms with Crippen LogP contribution in [-0.4, -0.2) is 48.9 Å². The van der Waals surface area contributed by atoms with Gasteiger partial charge in [0, 0.05) is 34.0 Å². The van der Waals surface area contributed by atoms with E-state index in [9.17, 15) is 9.59 Å². The van der Waals surface area contributed by atoms with Crippen LogP contribution < -0.4 is 0 Å². The molecule has 1 heterocycles. The number of hydroxylamine groups is 2. The molecule has 1 saturated heterocycles. The predicted molar refractivity (Wildman–Crippen MR) is 49.2 cm³/mol. The summed E-state index contributed by atoms with van der Waals surface area (Å²) in [7, 11) is 4.96. The lowest BCUT2D eigenvalue weighted by atomic mass is 10.4. The number of carbonyl (C=O) groups is 2. The van der Waals surface area contributed by atoms with Gasteiger partial charge >= 0.3 is 6.02 Å². The second-order valence-electron chi connectivity index (χ2n) is 3.07. The van der Waals surface area contributed by atoms with Crippen LogP contribution >= 0.6 is 0 Å².